The predicted octanol–water partition coefficient (Wildman–Crippen LogP) is 3.68. The number of carbonyl (C=O) groups excluding carboxylic acids is 1. The number of nitrogens with one attached hydrogen (secondary N) is 2. The maximum atomic E-state index is 12.5. The van der Waals surface area contributed by atoms with E-state index in [1.807, 2.05) is 26.0 Å². The number of thioether (sulfide) groups is 1. The molecule has 0 aliphatic heterocycles. The van der Waals surface area contributed by atoms with Crippen LogP contribution in [0.3, 0.4) is 0 Å². The molecule has 0 saturated heterocycles. The minimum Gasteiger partial charge on any atom is -0.362 e. The number of ketones is 1. The second-order valence-corrected chi connectivity index (χ2v) is 7.75. The van der Waals surface area contributed by atoms with E-state index in [2.05, 4.69) is 20.1 Å². The molecule has 0 atom stereocenters. The lowest BCUT2D eigenvalue weighted by molar-refractivity contribution is 0.102. The SMILES string of the molecule is Cc1cc(C(=O)CSc2nc3c(cnn3-c3cccc(Cl)c3)c(=O)[nH]2)c(C)[nH]1. The molecule has 0 fully saturated rings. The fourth-order valence-corrected chi connectivity index (χ4v) is 3.91. The van der Waals surface area contributed by atoms with E-state index in [9.17, 15) is 9.59 Å². The molecule has 0 aliphatic carbocycles. The number of halogens is 1. The first-order valence-electron chi connectivity index (χ1n) is 8.48. The topological polar surface area (TPSA) is 96.4 Å². The average Bonchev–Trinajstić information content (AvgIpc) is 3.23. The normalized spacial score (nSPS) is 11.2. The lowest BCUT2D eigenvalue weighted by Gasteiger charge is -2.05. The Labute approximate surface area is 169 Å². The Morgan fingerprint density at radius 2 is 2.07 bits per heavy atom. The van der Waals surface area contributed by atoms with Gasteiger partial charge < -0.3 is 9.97 Å². The van der Waals surface area contributed by atoms with Crippen LogP contribution in [0.5, 0.6) is 0 Å². The minimum atomic E-state index is -0.304. The van der Waals surface area contributed by atoms with Gasteiger partial charge in [0.15, 0.2) is 16.6 Å². The molecule has 0 bridgehead atoms. The Morgan fingerprint density at radius 3 is 2.79 bits per heavy atom. The molecule has 9 heteroatoms. The summed E-state index contributed by atoms with van der Waals surface area (Å²) in [5.41, 5.74) is 3.23. The Bertz CT molecular complexity index is 1260. The van der Waals surface area contributed by atoms with Gasteiger partial charge in [-0.15, -0.1) is 0 Å². The van der Waals surface area contributed by atoms with Crippen LogP contribution in [-0.4, -0.2) is 36.3 Å². The third-order valence-electron chi connectivity index (χ3n) is 4.26. The third-order valence-corrected chi connectivity index (χ3v) is 5.37. The van der Waals surface area contributed by atoms with E-state index < -0.39 is 0 Å². The summed E-state index contributed by atoms with van der Waals surface area (Å²) in [5.74, 6) is 0.135. The van der Waals surface area contributed by atoms with Gasteiger partial charge in [-0.1, -0.05) is 29.4 Å². The first-order chi connectivity index (χ1) is 13.4. The first-order valence-corrected chi connectivity index (χ1v) is 9.85. The Balaban J connectivity index is 1.65. The highest BCUT2D eigenvalue weighted by molar-refractivity contribution is 7.99. The van der Waals surface area contributed by atoms with Gasteiger partial charge in [-0.25, -0.2) is 9.67 Å². The highest BCUT2D eigenvalue weighted by Crippen LogP contribution is 2.21. The van der Waals surface area contributed by atoms with Crippen LogP contribution < -0.4 is 5.56 Å². The third kappa shape index (κ3) is 3.48. The number of fused-ring (bicyclic) bond motifs is 1. The van der Waals surface area contributed by atoms with Crippen molar-refractivity contribution in [3.8, 4) is 5.69 Å². The van der Waals surface area contributed by atoms with E-state index in [-0.39, 0.29) is 17.1 Å². The summed E-state index contributed by atoms with van der Waals surface area (Å²) in [6.07, 6.45) is 1.47. The molecule has 4 aromatic rings. The Morgan fingerprint density at radius 1 is 1.25 bits per heavy atom. The maximum absolute atomic E-state index is 12.5. The van der Waals surface area contributed by atoms with E-state index in [4.69, 9.17) is 11.6 Å². The van der Waals surface area contributed by atoms with Crippen LogP contribution in [0.25, 0.3) is 16.7 Å². The van der Waals surface area contributed by atoms with Gasteiger partial charge in [0.2, 0.25) is 0 Å². The molecular formula is C19H16ClN5O2S. The number of nitrogens with zero attached hydrogens (tertiary/aromatic N) is 3. The Hall–Kier alpha value is -2.84. The van der Waals surface area contributed by atoms with Crippen molar-refractivity contribution < 1.29 is 4.79 Å². The number of aromatic amines is 2. The zero-order valence-corrected chi connectivity index (χ0v) is 16.7. The van der Waals surface area contributed by atoms with Gasteiger partial charge in [-0.05, 0) is 38.1 Å². The monoisotopic (exact) mass is 413 g/mol. The Kier molecular flexibility index (Phi) is 4.82. The molecule has 0 unspecified atom stereocenters. The van der Waals surface area contributed by atoms with Gasteiger partial charge in [0.1, 0.15) is 5.39 Å². The van der Waals surface area contributed by atoms with Gasteiger partial charge >= 0.3 is 0 Å². The molecule has 3 heterocycles. The molecule has 1 aromatic carbocycles. The van der Waals surface area contributed by atoms with Gasteiger partial charge in [0, 0.05) is 22.0 Å². The lowest BCUT2D eigenvalue weighted by atomic mass is 10.2. The molecule has 2 N–H and O–H groups in total. The molecule has 4 rings (SSSR count). The van der Waals surface area contributed by atoms with Crippen LogP contribution in [0, 0.1) is 13.8 Å². The number of Topliss-reactive ketones (excluding diaryl/α,β-unsaturated/α-hetero) is 1. The molecule has 142 valence electrons. The van der Waals surface area contributed by atoms with Crippen LogP contribution >= 0.6 is 23.4 Å². The second kappa shape index (κ2) is 7.29. The summed E-state index contributed by atoms with van der Waals surface area (Å²) in [7, 11) is 0. The van der Waals surface area contributed by atoms with Crippen molar-refractivity contribution in [2.24, 2.45) is 0 Å². The molecule has 0 aliphatic rings. The van der Waals surface area contributed by atoms with Crippen LogP contribution in [0.4, 0.5) is 0 Å². The summed E-state index contributed by atoms with van der Waals surface area (Å²) >= 11 is 7.24. The summed E-state index contributed by atoms with van der Waals surface area (Å²) < 4.78 is 1.56. The fourth-order valence-electron chi connectivity index (χ4n) is 2.99. The van der Waals surface area contributed by atoms with E-state index in [1.54, 1.807) is 22.9 Å². The zero-order valence-electron chi connectivity index (χ0n) is 15.1. The summed E-state index contributed by atoms with van der Waals surface area (Å²) in [6.45, 7) is 3.77. The van der Waals surface area contributed by atoms with Gasteiger partial charge in [-0.3, -0.25) is 9.59 Å². The molecular weight excluding hydrogens is 398 g/mol. The molecule has 3 aromatic heterocycles. The number of aromatic nitrogens is 5. The smallest absolute Gasteiger partial charge is 0.262 e. The van der Waals surface area contributed by atoms with Crippen molar-refractivity contribution in [3.63, 3.8) is 0 Å². The van der Waals surface area contributed by atoms with Crippen LogP contribution in [0.1, 0.15) is 21.7 Å². The van der Waals surface area contributed by atoms with Crippen molar-refractivity contribution in [2.75, 3.05) is 5.75 Å². The molecule has 0 saturated carbocycles. The minimum absolute atomic E-state index is 0.0297. The number of aryl methyl sites for hydroxylation is 2. The largest absolute Gasteiger partial charge is 0.362 e. The van der Waals surface area contributed by atoms with Crippen molar-refractivity contribution in [3.05, 3.63) is 68.9 Å². The first kappa shape index (κ1) is 18.5. The van der Waals surface area contributed by atoms with Crippen LogP contribution in [0.2, 0.25) is 5.02 Å². The standard InChI is InChI=1S/C19H16ClN5O2S/c1-10-6-14(11(2)22-10)16(26)9-28-19-23-17-15(18(27)24-19)8-21-25(17)13-5-3-4-12(20)7-13/h3-8,22H,9H2,1-2H3,(H,23,24,27). The van der Waals surface area contributed by atoms with E-state index in [0.29, 0.717) is 32.5 Å². The summed E-state index contributed by atoms with van der Waals surface area (Å²) in [6, 6.07) is 8.95. The number of rotatable bonds is 5. The van der Waals surface area contributed by atoms with E-state index in [0.717, 1.165) is 11.4 Å². The predicted molar refractivity (Wildman–Crippen MR) is 110 cm³/mol. The van der Waals surface area contributed by atoms with Crippen LogP contribution in [0.15, 0.2) is 46.5 Å². The van der Waals surface area contributed by atoms with E-state index in [1.165, 1.54) is 18.0 Å². The molecule has 0 amide bonds. The highest BCUT2D eigenvalue weighted by Gasteiger charge is 2.15. The number of benzene rings is 1. The lowest BCUT2D eigenvalue weighted by Crippen LogP contribution is -2.11. The highest BCUT2D eigenvalue weighted by atomic mass is 35.5. The summed E-state index contributed by atoms with van der Waals surface area (Å²) in [5, 5.41) is 5.55. The average molecular weight is 414 g/mol. The van der Waals surface area contributed by atoms with Crippen molar-refractivity contribution in [1.82, 2.24) is 24.7 Å². The quantitative estimate of drug-likeness (QED) is 0.295. The number of carbonyl (C=O) groups is 1. The van der Waals surface area contributed by atoms with Crippen molar-refractivity contribution >= 4 is 40.2 Å². The molecule has 7 nitrogen and oxygen atoms in total. The number of hydrogen-bond acceptors (Lipinski definition) is 5. The van der Waals surface area contributed by atoms with Gasteiger partial charge in [0.25, 0.3) is 5.56 Å². The molecule has 28 heavy (non-hydrogen) atoms. The number of H-pyrrole nitrogens is 2. The zero-order chi connectivity index (χ0) is 19.8. The number of hydrogen-bond donors (Lipinski definition) is 2. The summed E-state index contributed by atoms with van der Waals surface area (Å²) in [4.78, 5) is 35.2. The maximum Gasteiger partial charge on any atom is 0.262 e. The van der Waals surface area contributed by atoms with E-state index >= 15 is 0 Å². The van der Waals surface area contributed by atoms with Crippen molar-refractivity contribution in [2.45, 2.75) is 19.0 Å². The molecule has 0 spiro atoms. The van der Waals surface area contributed by atoms with Gasteiger partial charge in [-0.2, -0.15) is 5.10 Å². The second-order valence-electron chi connectivity index (χ2n) is 6.35. The van der Waals surface area contributed by atoms with Crippen molar-refractivity contribution in [1.29, 1.82) is 0 Å². The molecule has 0 radical (unpaired) electrons. The fraction of sp³-hybridized carbons (Fsp3) is 0.158. The van der Waals surface area contributed by atoms with Gasteiger partial charge in [0.05, 0.1) is 17.6 Å². The van der Waals surface area contributed by atoms with Crippen LogP contribution in [-0.2, 0) is 0 Å².